The van der Waals surface area contributed by atoms with E-state index in [2.05, 4.69) is 10.3 Å². The number of nitrogens with zero attached hydrogens (tertiary/aromatic N) is 1. The van der Waals surface area contributed by atoms with Crippen molar-refractivity contribution in [1.29, 1.82) is 0 Å². The van der Waals surface area contributed by atoms with Gasteiger partial charge in [0.05, 0.1) is 42.8 Å². The Balaban J connectivity index is 2.74. The van der Waals surface area contributed by atoms with Gasteiger partial charge < -0.3 is 10.1 Å². The molecule has 1 heterocycles. The molecule has 0 aliphatic carbocycles. The average molecular weight is 410 g/mol. The molecule has 1 N–H and O–H groups in total. The summed E-state index contributed by atoms with van der Waals surface area (Å²) in [6, 6.07) is -0.543. The summed E-state index contributed by atoms with van der Waals surface area (Å²) in [6.45, 7) is 0.247. The van der Waals surface area contributed by atoms with Crippen LogP contribution in [-0.2, 0) is 14.6 Å². The normalized spacial score (nSPS) is 26.0. The minimum Gasteiger partial charge on any atom is -0.504 e. The smallest absolute Gasteiger partial charge is 0.247 e. The highest BCUT2D eigenvalue weighted by Gasteiger charge is 2.39. The Morgan fingerprint density at radius 2 is 2.05 bits per heavy atom. The van der Waals surface area contributed by atoms with Crippen molar-refractivity contribution in [2.75, 3.05) is 25.2 Å². The SMILES string of the molecule is CO/C=C\C=C\CN=C(N[C@@H]1CS(=O)(=O)C[C@@H]1Cl)C(Cl)(Cl)Cl. The molecule has 0 aromatic heterocycles. The van der Waals surface area contributed by atoms with Crippen LogP contribution >= 0.6 is 46.4 Å². The molecule has 0 aromatic carbocycles. The van der Waals surface area contributed by atoms with Crippen LogP contribution in [0.2, 0.25) is 0 Å². The molecule has 0 spiro atoms. The maximum absolute atomic E-state index is 11.5. The van der Waals surface area contributed by atoms with Gasteiger partial charge in [-0.3, -0.25) is 4.99 Å². The zero-order chi connectivity index (χ0) is 16.8. The number of hydrogen-bond acceptors (Lipinski definition) is 4. The number of methoxy groups -OCH3 is 1. The molecule has 1 saturated heterocycles. The Bertz CT molecular complexity index is 555. The lowest BCUT2D eigenvalue weighted by Gasteiger charge is -2.22. The van der Waals surface area contributed by atoms with Crippen molar-refractivity contribution in [3.63, 3.8) is 0 Å². The maximum atomic E-state index is 11.5. The molecule has 0 amide bonds. The minimum atomic E-state index is -3.19. The Labute approximate surface area is 150 Å². The first-order valence-corrected chi connectivity index (χ1v) is 9.62. The highest BCUT2D eigenvalue weighted by atomic mass is 35.6. The van der Waals surface area contributed by atoms with Gasteiger partial charge in [-0.05, 0) is 6.08 Å². The van der Waals surface area contributed by atoms with Crippen molar-refractivity contribution < 1.29 is 13.2 Å². The first-order chi connectivity index (χ1) is 10.2. The van der Waals surface area contributed by atoms with Gasteiger partial charge in [-0.25, -0.2) is 8.42 Å². The van der Waals surface area contributed by atoms with Crippen LogP contribution in [0.5, 0.6) is 0 Å². The Morgan fingerprint density at radius 1 is 1.36 bits per heavy atom. The predicted octanol–water partition coefficient (Wildman–Crippen LogP) is 2.47. The van der Waals surface area contributed by atoms with Crippen molar-refractivity contribution in [3.05, 3.63) is 24.5 Å². The van der Waals surface area contributed by atoms with Crippen LogP contribution in [0, 0.1) is 0 Å². The standard InChI is InChI=1S/C12H16Cl4N2O3S/c1-21-6-4-2-3-5-17-11(12(14,15)16)18-10-8-22(19,20)7-9(10)13/h2-4,6,9-10H,5,7-8H2,1H3,(H,17,18)/b3-2+,6-4-/t9-,10+/m0/s1. The van der Waals surface area contributed by atoms with E-state index in [1.165, 1.54) is 13.4 Å². The topological polar surface area (TPSA) is 67.8 Å². The summed E-state index contributed by atoms with van der Waals surface area (Å²) >= 11 is 23.6. The van der Waals surface area contributed by atoms with E-state index in [9.17, 15) is 8.42 Å². The molecule has 10 heteroatoms. The first kappa shape index (κ1) is 19.9. The number of amidine groups is 1. The number of ether oxygens (including phenoxy) is 1. The molecule has 22 heavy (non-hydrogen) atoms. The van der Waals surface area contributed by atoms with Gasteiger partial charge in [0.15, 0.2) is 9.84 Å². The fourth-order valence-corrected chi connectivity index (χ4v) is 4.63. The molecule has 1 aliphatic rings. The zero-order valence-corrected chi connectivity index (χ0v) is 15.5. The van der Waals surface area contributed by atoms with Crippen LogP contribution in [0.15, 0.2) is 29.5 Å². The van der Waals surface area contributed by atoms with Crippen LogP contribution in [0.3, 0.4) is 0 Å². The van der Waals surface area contributed by atoms with Crippen molar-refractivity contribution in [2.45, 2.75) is 15.2 Å². The van der Waals surface area contributed by atoms with E-state index in [0.29, 0.717) is 0 Å². The molecule has 1 rings (SSSR count). The molecular weight excluding hydrogens is 394 g/mol. The van der Waals surface area contributed by atoms with E-state index in [1.807, 2.05) is 0 Å². The van der Waals surface area contributed by atoms with Gasteiger partial charge in [0, 0.05) is 0 Å². The summed E-state index contributed by atoms with van der Waals surface area (Å²) in [4.78, 5) is 4.13. The molecule has 0 aromatic rings. The second-order valence-electron chi connectivity index (χ2n) is 4.52. The van der Waals surface area contributed by atoms with E-state index in [0.717, 1.165) is 0 Å². The number of nitrogens with one attached hydrogen (secondary N) is 1. The number of rotatable bonds is 5. The quantitative estimate of drug-likeness (QED) is 0.249. The monoisotopic (exact) mass is 408 g/mol. The van der Waals surface area contributed by atoms with Crippen molar-refractivity contribution in [1.82, 2.24) is 5.32 Å². The molecule has 0 radical (unpaired) electrons. The largest absolute Gasteiger partial charge is 0.504 e. The van der Waals surface area contributed by atoms with Crippen molar-refractivity contribution in [2.24, 2.45) is 4.99 Å². The second-order valence-corrected chi connectivity index (χ2v) is 9.52. The molecule has 1 fully saturated rings. The van der Waals surface area contributed by atoms with Gasteiger partial charge >= 0.3 is 0 Å². The molecule has 5 nitrogen and oxygen atoms in total. The van der Waals surface area contributed by atoms with Gasteiger partial charge in [0.1, 0.15) is 5.84 Å². The van der Waals surface area contributed by atoms with Gasteiger partial charge in [0.25, 0.3) is 0 Å². The molecule has 2 atom stereocenters. The van der Waals surface area contributed by atoms with E-state index in [1.54, 1.807) is 18.2 Å². The Hall–Kier alpha value is -0.140. The van der Waals surface area contributed by atoms with Gasteiger partial charge in [-0.15, -0.1) is 11.6 Å². The molecule has 126 valence electrons. The summed E-state index contributed by atoms with van der Waals surface area (Å²) in [5.41, 5.74) is 0. The number of alkyl halides is 4. The van der Waals surface area contributed by atoms with E-state index < -0.39 is 25.0 Å². The summed E-state index contributed by atoms with van der Waals surface area (Å²) in [5, 5.41) is 2.24. The first-order valence-electron chi connectivity index (χ1n) is 6.23. The summed E-state index contributed by atoms with van der Waals surface area (Å²) in [5.74, 6) is -0.167. The average Bonchev–Trinajstić information content (AvgIpc) is 2.63. The van der Waals surface area contributed by atoms with E-state index >= 15 is 0 Å². The number of allylic oxidation sites excluding steroid dienone is 2. The number of aliphatic imine (C=N–C) groups is 1. The van der Waals surface area contributed by atoms with Crippen LogP contribution < -0.4 is 5.32 Å². The molecule has 0 bridgehead atoms. The lowest BCUT2D eigenvalue weighted by atomic mass is 10.2. The second kappa shape index (κ2) is 8.64. The third-order valence-electron chi connectivity index (χ3n) is 2.69. The summed E-state index contributed by atoms with van der Waals surface area (Å²) < 4.78 is 26.0. The third-order valence-corrected chi connectivity index (χ3v) is 5.60. The van der Waals surface area contributed by atoms with Crippen molar-refractivity contribution in [3.8, 4) is 0 Å². The number of halogens is 4. The lowest BCUT2D eigenvalue weighted by molar-refractivity contribution is 0.338. The zero-order valence-electron chi connectivity index (χ0n) is 11.7. The molecule has 0 unspecified atom stereocenters. The van der Waals surface area contributed by atoms with Crippen LogP contribution in [0.1, 0.15) is 0 Å². The van der Waals surface area contributed by atoms with Crippen LogP contribution in [0.25, 0.3) is 0 Å². The number of sulfone groups is 1. The van der Waals surface area contributed by atoms with Gasteiger partial charge in [0.2, 0.25) is 3.79 Å². The Morgan fingerprint density at radius 3 is 2.55 bits per heavy atom. The molecule has 0 saturated carbocycles. The van der Waals surface area contributed by atoms with Crippen LogP contribution in [0.4, 0.5) is 0 Å². The minimum absolute atomic E-state index is 0.0608. The highest BCUT2D eigenvalue weighted by Crippen LogP contribution is 2.28. The van der Waals surface area contributed by atoms with E-state index in [4.69, 9.17) is 51.1 Å². The summed E-state index contributed by atoms with van der Waals surface area (Å²) in [6.07, 6.45) is 6.61. The Kier molecular flexibility index (Phi) is 7.82. The summed E-state index contributed by atoms with van der Waals surface area (Å²) in [7, 11) is -1.65. The fraction of sp³-hybridized carbons (Fsp3) is 0.583. The predicted molar refractivity (Wildman–Crippen MR) is 93.1 cm³/mol. The number of hydrogen-bond donors (Lipinski definition) is 1. The lowest BCUT2D eigenvalue weighted by Crippen LogP contribution is -2.46. The van der Waals surface area contributed by atoms with E-state index in [-0.39, 0.29) is 23.9 Å². The van der Waals surface area contributed by atoms with Gasteiger partial charge in [-0.2, -0.15) is 0 Å². The third kappa shape index (κ3) is 6.96. The van der Waals surface area contributed by atoms with Crippen molar-refractivity contribution >= 4 is 62.1 Å². The molecular formula is C12H16Cl4N2O3S. The molecule has 1 aliphatic heterocycles. The highest BCUT2D eigenvalue weighted by molar-refractivity contribution is 7.91. The van der Waals surface area contributed by atoms with Gasteiger partial charge in [-0.1, -0.05) is 47.0 Å². The fourth-order valence-electron chi connectivity index (χ4n) is 1.74. The van der Waals surface area contributed by atoms with Crippen LogP contribution in [-0.4, -0.2) is 54.6 Å². The maximum Gasteiger partial charge on any atom is 0.247 e.